The predicted molar refractivity (Wildman–Crippen MR) is 75.5 cm³/mol. The Morgan fingerprint density at radius 3 is 2.74 bits per heavy atom. The summed E-state index contributed by atoms with van der Waals surface area (Å²) in [5.41, 5.74) is 1.30. The molecular weight excluding hydrogens is 240 g/mol. The van der Waals surface area contributed by atoms with Crippen LogP contribution in [0.5, 0.6) is 5.75 Å². The number of nitrogens with one attached hydrogen (secondary N) is 2. The maximum Gasteiger partial charge on any atom is 0.221 e. The molecule has 1 aliphatic rings. The first-order chi connectivity index (χ1) is 9.22. The molecule has 2 N–H and O–H groups in total. The molecule has 0 saturated heterocycles. The molecule has 4 heteroatoms. The quantitative estimate of drug-likeness (QED) is 0.782. The van der Waals surface area contributed by atoms with Crippen LogP contribution < -0.4 is 15.4 Å². The maximum absolute atomic E-state index is 11.7. The van der Waals surface area contributed by atoms with Gasteiger partial charge in [0.15, 0.2) is 0 Å². The third-order valence-corrected chi connectivity index (χ3v) is 3.76. The Hall–Kier alpha value is -1.55. The van der Waals surface area contributed by atoms with Gasteiger partial charge in [-0.15, -0.1) is 0 Å². The smallest absolute Gasteiger partial charge is 0.221 e. The summed E-state index contributed by atoms with van der Waals surface area (Å²) in [6.45, 7) is 1.42. The number of carbonyl (C=O) groups is 1. The van der Waals surface area contributed by atoms with Gasteiger partial charge in [-0.1, -0.05) is 18.2 Å². The molecule has 0 bridgehead atoms. The van der Waals surface area contributed by atoms with Gasteiger partial charge >= 0.3 is 0 Å². The molecule has 104 valence electrons. The summed E-state index contributed by atoms with van der Waals surface area (Å²) in [5, 5.41) is 6.02. The summed E-state index contributed by atoms with van der Waals surface area (Å²) in [6, 6.07) is 8.09. The van der Waals surface area contributed by atoms with Crippen molar-refractivity contribution in [1.82, 2.24) is 10.6 Å². The summed E-state index contributed by atoms with van der Waals surface area (Å²) in [5.74, 6) is 1.03. The second-order valence-electron chi connectivity index (χ2n) is 5.11. The van der Waals surface area contributed by atoms with E-state index >= 15 is 0 Å². The lowest BCUT2D eigenvalue weighted by molar-refractivity contribution is -0.121. The van der Waals surface area contributed by atoms with Crippen molar-refractivity contribution >= 4 is 5.91 Å². The second kappa shape index (κ2) is 6.06. The zero-order valence-corrected chi connectivity index (χ0v) is 11.7. The number of hydrogen-bond acceptors (Lipinski definition) is 3. The van der Waals surface area contributed by atoms with E-state index in [-0.39, 0.29) is 11.3 Å². The van der Waals surface area contributed by atoms with Gasteiger partial charge in [-0.25, -0.2) is 0 Å². The number of hydrogen-bond donors (Lipinski definition) is 2. The normalized spacial score (nSPS) is 15.9. The van der Waals surface area contributed by atoms with Crippen LogP contribution in [0.3, 0.4) is 0 Å². The topological polar surface area (TPSA) is 50.4 Å². The number of methoxy groups -OCH3 is 1. The molecule has 1 aromatic carbocycles. The Balaban J connectivity index is 1.97. The first-order valence-electron chi connectivity index (χ1n) is 6.77. The van der Waals surface area contributed by atoms with E-state index in [2.05, 4.69) is 16.7 Å². The lowest BCUT2D eigenvalue weighted by atomic mass is 9.95. The molecule has 0 atom stereocenters. The summed E-state index contributed by atoms with van der Waals surface area (Å²) in [6.07, 6.45) is 2.75. The van der Waals surface area contributed by atoms with E-state index in [0.717, 1.165) is 18.6 Å². The molecule has 1 aliphatic carbocycles. The fourth-order valence-corrected chi connectivity index (χ4v) is 2.37. The van der Waals surface area contributed by atoms with Crippen LogP contribution in [-0.2, 0) is 10.2 Å². The van der Waals surface area contributed by atoms with Crippen molar-refractivity contribution in [2.45, 2.75) is 24.7 Å². The Labute approximate surface area is 114 Å². The van der Waals surface area contributed by atoms with Gasteiger partial charge in [0.2, 0.25) is 5.91 Å². The van der Waals surface area contributed by atoms with Crippen molar-refractivity contribution in [3.05, 3.63) is 29.8 Å². The Kier molecular flexibility index (Phi) is 4.43. The van der Waals surface area contributed by atoms with E-state index in [1.54, 1.807) is 7.11 Å². The zero-order valence-electron chi connectivity index (χ0n) is 11.7. The molecule has 0 radical (unpaired) electrons. The number of carbonyl (C=O) groups excluding carboxylic acids is 1. The molecule has 0 heterocycles. The molecule has 0 spiro atoms. The molecular formula is C15H22N2O2. The number of ether oxygens (including phenoxy) is 1. The van der Waals surface area contributed by atoms with Gasteiger partial charge in [0.05, 0.1) is 7.11 Å². The van der Waals surface area contributed by atoms with Crippen molar-refractivity contribution < 1.29 is 9.53 Å². The molecule has 1 aromatic rings. The first kappa shape index (κ1) is 13.9. The lowest BCUT2D eigenvalue weighted by Crippen LogP contribution is -2.33. The van der Waals surface area contributed by atoms with E-state index in [1.165, 1.54) is 5.56 Å². The highest BCUT2D eigenvalue weighted by atomic mass is 16.5. The minimum Gasteiger partial charge on any atom is -0.496 e. The molecule has 1 amide bonds. The van der Waals surface area contributed by atoms with Gasteiger partial charge in [-0.3, -0.25) is 4.79 Å². The highest BCUT2D eigenvalue weighted by Crippen LogP contribution is 2.50. The summed E-state index contributed by atoms with van der Waals surface area (Å²) in [7, 11) is 3.55. The fraction of sp³-hybridized carbons (Fsp3) is 0.533. The maximum atomic E-state index is 11.7. The minimum absolute atomic E-state index is 0.0852. The fourth-order valence-electron chi connectivity index (χ4n) is 2.37. The van der Waals surface area contributed by atoms with Gasteiger partial charge in [-0.05, 0) is 26.0 Å². The van der Waals surface area contributed by atoms with Crippen LogP contribution in [0.25, 0.3) is 0 Å². The third kappa shape index (κ3) is 3.26. The highest BCUT2D eigenvalue weighted by molar-refractivity contribution is 5.76. The third-order valence-electron chi connectivity index (χ3n) is 3.76. The average Bonchev–Trinajstić information content (AvgIpc) is 3.24. The van der Waals surface area contributed by atoms with Gasteiger partial charge < -0.3 is 15.4 Å². The van der Waals surface area contributed by atoms with Crippen LogP contribution in [0.1, 0.15) is 24.8 Å². The highest BCUT2D eigenvalue weighted by Gasteiger charge is 2.46. The van der Waals surface area contributed by atoms with Crippen LogP contribution in [0.2, 0.25) is 0 Å². The molecule has 1 saturated carbocycles. The number of para-hydroxylation sites is 1. The molecule has 0 aromatic heterocycles. The zero-order chi connectivity index (χ0) is 13.7. The SMILES string of the molecule is CNCCC(=O)NCC1(c2ccccc2OC)CC1. The average molecular weight is 262 g/mol. The Morgan fingerprint density at radius 2 is 2.11 bits per heavy atom. The van der Waals surface area contributed by atoms with E-state index in [9.17, 15) is 4.79 Å². The lowest BCUT2D eigenvalue weighted by Gasteiger charge is -2.19. The van der Waals surface area contributed by atoms with E-state index < -0.39 is 0 Å². The molecule has 19 heavy (non-hydrogen) atoms. The Morgan fingerprint density at radius 1 is 1.37 bits per heavy atom. The van der Waals surface area contributed by atoms with Crippen molar-refractivity contribution in [2.24, 2.45) is 0 Å². The number of benzene rings is 1. The van der Waals surface area contributed by atoms with Crippen LogP contribution in [0.15, 0.2) is 24.3 Å². The van der Waals surface area contributed by atoms with Crippen molar-refractivity contribution in [2.75, 3.05) is 27.2 Å². The second-order valence-corrected chi connectivity index (χ2v) is 5.11. The van der Waals surface area contributed by atoms with Crippen LogP contribution in [0.4, 0.5) is 0 Å². The first-order valence-corrected chi connectivity index (χ1v) is 6.77. The molecule has 0 aliphatic heterocycles. The van der Waals surface area contributed by atoms with Crippen molar-refractivity contribution in [3.63, 3.8) is 0 Å². The minimum atomic E-state index is 0.0852. The summed E-state index contributed by atoms with van der Waals surface area (Å²) < 4.78 is 5.42. The van der Waals surface area contributed by atoms with Crippen molar-refractivity contribution in [1.29, 1.82) is 0 Å². The number of rotatable bonds is 7. The van der Waals surface area contributed by atoms with E-state index in [1.807, 2.05) is 25.2 Å². The van der Waals surface area contributed by atoms with Gasteiger partial charge in [0, 0.05) is 30.5 Å². The number of amides is 1. The Bertz CT molecular complexity index is 442. The predicted octanol–water partition coefficient (Wildman–Crippen LogP) is 1.45. The summed E-state index contributed by atoms with van der Waals surface area (Å²) >= 11 is 0. The van der Waals surface area contributed by atoms with Crippen molar-refractivity contribution in [3.8, 4) is 5.75 Å². The molecule has 1 fully saturated rings. The van der Waals surface area contributed by atoms with Gasteiger partial charge in [-0.2, -0.15) is 0 Å². The van der Waals surface area contributed by atoms with Gasteiger partial charge in [0.25, 0.3) is 0 Å². The van der Waals surface area contributed by atoms with Crippen LogP contribution >= 0.6 is 0 Å². The standard InChI is InChI=1S/C15H22N2O2/c1-16-10-7-14(18)17-11-15(8-9-15)12-5-3-4-6-13(12)19-2/h3-6,16H,7-11H2,1-2H3,(H,17,18). The molecule has 0 unspecified atom stereocenters. The molecule has 2 rings (SSSR count). The largest absolute Gasteiger partial charge is 0.496 e. The summed E-state index contributed by atoms with van der Waals surface area (Å²) in [4.78, 5) is 11.7. The van der Waals surface area contributed by atoms with Crippen LogP contribution in [-0.4, -0.2) is 33.2 Å². The van der Waals surface area contributed by atoms with E-state index in [4.69, 9.17) is 4.74 Å². The van der Waals surface area contributed by atoms with E-state index in [0.29, 0.717) is 19.5 Å². The monoisotopic (exact) mass is 262 g/mol. The molecule has 4 nitrogen and oxygen atoms in total. The van der Waals surface area contributed by atoms with Crippen LogP contribution in [0, 0.1) is 0 Å². The van der Waals surface area contributed by atoms with Gasteiger partial charge in [0.1, 0.15) is 5.75 Å².